The molecule has 0 heterocycles. The van der Waals surface area contributed by atoms with E-state index in [9.17, 15) is 10.1 Å². The van der Waals surface area contributed by atoms with E-state index in [1.165, 1.54) is 12.1 Å². The Morgan fingerprint density at radius 3 is 2.53 bits per heavy atom. The molecule has 1 atom stereocenters. The highest BCUT2D eigenvalue weighted by Gasteiger charge is 2.11. The number of anilines is 2. The molecule has 0 aliphatic carbocycles. The Balaban J connectivity index is 2.98. The largest absolute Gasteiger partial charge is 0.394 e. The van der Waals surface area contributed by atoms with Crippen LogP contribution < -0.4 is 10.6 Å². The number of hydrogen-bond acceptors (Lipinski definition) is 5. The van der Waals surface area contributed by atoms with E-state index in [0.717, 1.165) is 6.42 Å². The van der Waals surface area contributed by atoms with Crippen LogP contribution in [0.3, 0.4) is 0 Å². The van der Waals surface area contributed by atoms with Crippen LogP contribution in [0.1, 0.15) is 13.3 Å². The summed E-state index contributed by atoms with van der Waals surface area (Å²) in [5.74, 6) is 0. The number of aliphatic hydroxyl groups excluding tert-OH is 1. The molecular weight excluding hydrogens is 222 g/mol. The molecule has 0 aromatic heterocycles. The van der Waals surface area contributed by atoms with Gasteiger partial charge >= 0.3 is 0 Å². The van der Waals surface area contributed by atoms with Crippen LogP contribution in [0.15, 0.2) is 18.2 Å². The molecule has 1 aromatic rings. The predicted molar refractivity (Wildman–Crippen MR) is 67.4 cm³/mol. The number of nitro benzene ring substituents is 1. The molecule has 0 amide bonds. The van der Waals surface area contributed by atoms with Gasteiger partial charge in [0.1, 0.15) is 0 Å². The van der Waals surface area contributed by atoms with Crippen LogP contribution in [0.4, 0.5) is 17.1 Å². The van der Waals surface area contributed by atoms with Crippen molar-refractivity contribution in [1.29, 1.82) is 0 Å². The third-order valence-electron chi connectivity index (χ3n) is 2.50. The van der Waals surface area contributed by atoms with E-state index < -0.39 is 4.92 Å². The van der Waals surface area contributed by atoms with Gasteiger partial charge in [-0.05, 0) is 12.5 Å². The Morgan fingerprint density at radius 2 is 2.06 bits per heavy atom. The van der Waals surface area contributed by atoms with Crippen LogP contribution in [0, 0.1) is 10.1 Å². The summed E-state index contributed by atoms with van der Waals surface area (Å²) in [6.07, 6.45) is 0.744. The minimum absolute atomic E-state index is 0.00587. The third-order valence-corrected chi connectivity index (χ3v) is 2.50. The van der Waals surface area contributed by atoms with E-state index in [0.29, 0.717) is 11.4 Å². The maximum atomic E-state index is 10.7. The summed E-state index contributed by atoms with van der Waals surface area (Å²) in [4.78, 5) is 10.3. The first-order valence-electron chi connectivity index (χ1n) is 5.45. The van der Waals surface area contributed by atoms with Crippen molar-refractivity contribution in [1.82, 2.24) is 0 Å². The molecule has 17 heavy (non-hydrogen) atoms. The molecule has 0 aliphatic heterocycles. The van der Waals surface area contributed by atoms with Crippen molar-refractivity contribution in [3.8, 4) is 0 Å². The second-order valence-corrected chi connectivity index (χ2v) is 3.71. The number of rotatable bonds is 6. The molecule has 1 rings (SSSR count). The first kappa shape index (κ1) is 13.2. The summed E-state index contributed by atoms with van der Waals surface area (Å²) >= 11 is 0. The summed E-state index contributed by atoms with van der Waals surface area (Å²) in [5, 5.41) is 25.7. The summed E-state index contributed by atoms with van der Waals surface area (Å²) in [7, 11) is 1.70. The lowest BCUT2D eigenvalue weighted by Crippen LogP contribution is -2.22. The fourth-order valence-electron chi connectivity index (χ4n) is 1.46. The van der Waals surface area contributed by atoms with E-state index in [-0.39, 0.29) is 18.3 Å². The molecule has 6 heteroatoms. The number of nitrogens with one attached hydrogen (secondary N) is 2. The summed E-state index contributed by atoms with van der Waals surface area (Å²) in [6.45, 7) is 1.93. The summed E-state index contributed by atoms with van der Waals surface area (Å²) in [6, 6.07) is 4.59. The van der Waals surface area contributed by atoms with Gasteiger partial charge in [-0.25, -0.2) is 0 Å². The van der Waals surface area contributed by atoms with Crippen molar-refractivity contribution in [2.24, 2.45) is 0 Å². The highest BCUT2D eigenvalue weighted by molar-refractivity contribution is 5.63. The molecule has 0 saturated heterocycles. The van der Waals surface area contributed by atoms with E-state index in [2.05, 4.69) is 10.6 Å². The van der Waals surface area contributed by atoms with E-state index in [1.54, 1.807) is 13.1 Å². The maximum absolute atomic E-state index is 10.7. The van der Waals surface area contributed by atoms with Gasteiger partial charge in [-0.2, -0.15) is 0 Å². The maximum Gasteiger partial charge on any atom is 0.273 e. The van der Waals surface area contributed by atoms with Crippen LogP contribution in [-0.4, -0.2) is 29.7 Å². The lowest BCUT2D eigenvalue weighted by atomic mass is 10.2. The van der Waals surface area contributed by atoms with Gasteiger partial charge in [-0.3, -0.25) is 10.1 Å². The quantitative estimate of drug-likeness (QED) is 0.520. The highest BCUT2D eigenvalue weighted by Crippen LogP contribution is 2.24. The Kier molecular flexibility index (Phi) is 4.71. The van der Waals surface area contributed by atoms with Crippen LogP contribution in [-0.2, 0) is 0 Å². The van der Waals surface area contributed by atoms with Crippen molar-refractivity contribution in [3.63, 3.8) is 0 Å². The van der Waals surface area contributed by atoms with Crippen LogP contribution in [0.2, 0.25) is 0 Å². The molecule has 6 nitrogen and oxygen atoms in total. The van der Waals surface area contributed by atoms with Gasteiger partial charge in [-0.1, -0.05) is 6.92 Å². The summed E-state index contributed by atoms with van der Waals surface area (Å²) < 4.78 is 0. The average molecular weight is 239 g/mol. The lowest BCUT2D eigenvalue weighted by molar-refractivity contribution is -0.384. The Bertz CT molecular complexity index is 392. The van der Waals surface area contributed by atoms with Crippen LogP contribution >= 0.6 is 0 Å². The molecule has 0 aliphatic rings. The fourth-order valence-corrected chi connectivity index (χ4v) is 1.46. The first-order chi connectivity index (χ1) is 8.10. The van der Waals surface area contributed by atoms with Gasteiger partial charge < -0.3 is 15.7 Å². The zero-order chi connectivity index (χ0) is 12.8. The topological polar surface area (TPSA) is 87.4 Å². The minimum atomic E-state index is -0.439. The minimum Gasteiger partial charge on any atom is -0.394 e. The van der Waals surface area contributed by atoms with Crippen LogP contribution in [0.25, 0.3) is 0 Å². The number of benzene rings is 1. The van der Waals surface area contributed by atoms with Gasteiger partial charge in [0.05, 0.1) is 11.5 Å². The van der Waals surface area contributed by atoms with Crippen molar-refractivity contribution in [2.45, 2.75) is 19.4 Å². The number of non-ortho nitro benzene ring substituents is 1. The third kappa shape index (κ3) is 3.60. The predicted octanol–water partition coefficient (Wildman–Crippen LogP) is 1.82. The Labute approximate surface area is 99.8 Å². The Morgan fingerprint density at radius 1 is 1.41 bits per heavy atom. The van der Waals surface area contributed by atoms with Crippen molar-refractivity contribution in [3.05, 3.63) is 28.3 Å². The number of nitrogens with zero attached hydrogens (tertiary/aromatic N) is 1. The molecule has 3 N–H and O–H groups in total. The van der Waals surface area contributed by atoms with Crippen LogP contribution in [0.5, 0.6) is 0 Å². The van der Waals surface area contributed by atoms with Gasteiger partial charge in [0.2, 0.25) is 0 Å². The molecule has 0 fully saturated rings. The average Bonchev–Trinajstić information content (AvgIpc) is 2.35. The van der Waals surface area contributed by atoms with E-state index in [4.69, 9.17) is 5.11 Å². The molecular formula is C11H17N3O3. The second kappa shape index (κ2) is 6.05. The summed E-state index contributed by atoms with van der Waals surface area (Å²) in [5.41, 5.74) is 1.31. The standard InChI is InChI=1S/C11H17N3O3/c1-3-8(7-15)13-10-4-9(12-2)5-11(6-10)14(16)17/h4-6,8,12-13,15H,3,7H2,1-2H3. The lowest BCUT2D eigenvalue weighted by Gasteiger charge is -2.16. The molecule has 1 aromatic carbocycles. The molecule has 0 saturated carbocycles. The smallest absolute Gasteiger partial charge is 0.273 e. The molecule has 0 spiro atoms. The Hall–Kier alpha value is -1.82. The molecule has 1 unspecified atom stereocenters. The monoisotopic (exact) mass is 239 g/mol. The van der Waals surface area contributed by atoms with Crippen molar-refractivity contribution < 1.29 is 10.0 Å². The molecule has 0 radical (unpaired) electrons. The van der Waals surface area contributed by atoms with Crippen molar-refractivity contribution >= 4 is 17.1 Å². The normalized spacial score (nSPS) is 11.9. The number of nitro groups is 1. The first-order valence-corrected chi connectivity index (χ1v) is 5.45. The van der Waals surface area contributed by atoms with E-state index >= 15 is 0 Å². The van der Waals surface area contributed by atoms with Gasteiger partial charge in [0, 0.05) is 36.6 Å². The van der Waals surface area contributed by atoms with Gasteiger partial charge in [0.15, 0.2) is 0 Å². The zero-order valence-corrected chi connectivity index (χ0v) is 9.93. The van der Waals surface area contributed by atoms with E-state index in [1.807, 2.05) is 6.92 Å². The van der Waals surface area contributed by atoms with Gasteiger partial charge in [0.25, 0.3) is 5.69 Å². The fraction of sp³-hybridized carbons (Fsp3) is 0.455. The number of hydrogen-bond donors (Lipinski definition) is 3. The molecule has 0 bridgehead atoms. The number of aliphatic hydroxyl groups is 1. The molecule has 94 valence electrons. The zero-order valence-electron chi connectivity index (χ0n) is 9.93. The SMILES string of the molecule is CCC(CO)Nc1cc(NC)cc([N+](=O)[O-])c1. The van der Waals surface area contributed by atoms with Crippen molar-refractivity contribution in [2.75, 3.05) is 24.3 Å². The second-order valence-electron chi connectivity index (χ2n) is 3.71. The van der Waals surface area contributed by atoms with Gasteiger partial charge in [-0.15, -0.1) is 0 Å². The highest BCUT2D eigenvalue weighted by atomic mass is 16.6.